The maximum atomic E-state index is 5.67. The molecular formula is C17H34N4O. The summed E-state index contributed by atoms with van der Waals surface area (Å²) in [5, 5.41) is 6.79. The largest absolute Gasteiger partial charge is 0.376 e. The Labute approximate surface area is 135 Å². The zero-order chi connectivity index (χ0) is 15.8. The van der Waals surface area contributed by atoms with Gasteiger partial charge in [-0.2, -0.15) is 0 Å². The van der Waals surface area contributed by atoms with Crippen LogP contribution in [0.4, 0.5) is 0 Å². The summed E-state index contributed by atoms with van der Waals surface area (Å²) in [6.45, 7) is 12.7. The fraction of sp³-hybridized carbons (Fsp3) is 0.941. The molecule has 2 aliphatic heterocycles. The summed E-state index contributed by atoms with van der Waals surface area (Å²) in [5.41, 5.74) is 0. The molecule has 2 aliphatic rings. The van der Waals surface area contributed by atoms with Gasteiger partial charge in [-0.05, 0) is 45.1 Å². The third-order valence-electron chi connectivity index (χ3n) is 4.42. The van der Waals surface area contributed by atoms with Crippen molar-refractivity contribution in [3.05, 3.63) is 0 Å². The van der Waals surface area contributed by atoms with Crippen molar-refractivity contribution in [1.82, 2.24) is 15.5 Å². The summed E-state index contributed by atoms with van der Waals surface area (Å²) < 4.78 is 5.67. The summed E-state index contributed by atoms with van der Waals surface area (Å²) in [6, 6.07) is 0.612. The molecule has 0 saturated carbocycles. The van der Waals surface area contributed by atoms with E-state index in [4.69, 9.17) is 9.73 Å². The number of guanidine groups is 1. The first-order valence-electron chi connectivity index (χ1n) is 9.07. The summed E-state index contributed by atoms with van der Waals surface area (Å²) >= 11 is 0. The molecule has 0 radical (unpaired) electrons. The topological polar surface area (TPSA) is 48.9 Å². The van der Waals surface area contributed by atoms with Crippen LogP contribution in [0.2, 0.25) is 0 Å². The zero-order valence-electron chi connectivity index (χ0n) is 14.6. The Balaban J connectivity index is 1.80. The average Bonchev–Trinajstić information content (AvgIpc) is 3.13. The number of aliphatic imine (C=N–C) groups is 1. The molecule has 128 valence electrons. The molecule has 0 amide bonds. The molecule has 0 aliphatic carbocycles. The molecule has 2 N–H and O–H groups in total. The van der Waals surface area contributed by atoms with E-state index in [1.54, 1.807) is 0 Å². The van der Waals surface area contributed by atoms with Crippen molar-refractivity contribution < 1.29 is 4.74 Å². The van der Waals surface area contributed by atoms with Crippen molar-refractivity contribution in [3.8, 4) is 0 Å². The van der Waals surface area contributed by atoms with E-state index in [0.29, 0.717) is 12.1 Å². The van der Waals surface area contributed by atoms with Crippen LogP contribution in [0.1, 0.15) is 46.5 Å². The van der Waals surface area contributed by atoms with Gasteiger partial charge in [0.15, 0.2) is 5.96 Å². The molecule has 0 aromatic carbocycles. The van der Waals surface area contributed by atoms with Crippen LogP contribution in [0.3, 0.4) is 0 Å². The molecule has 5 nitrogen and oxygen atoms in total. The van der Waals surface area contributed by atoms with E-state index in [1.165, 1.54) is 32.4 Å². The van der Waals surface area contributed by atoms with Gasteiger partial charge in [-0.25, -0.2) is 0 Å². The number of ether oxygens (including phenoxy) is 1. The van der Waals surface area contributed by atoms with E-state index in [-0.39, 0.29) is 0 Å². The highest BCUT2D eigenvalue weighted by Crippen LogP contribution is 2.18. The molecule has 1 unspecified atom stereocenters. The average molecular weight is 310 g/mol. The van der Waals surface area contributed by atoms with Crippen LogP contribution >= 0.6 is 0 Å². The number of nitrogens with one attached hydrogen (secondary N) is 2. The third kappa shape index (κ3) is 5.76. The molecular weight excluding hydrogens is 276 g/mol. The van der Waals surface area contributed by atoms with Gasteiger partial charge >= 0.3 is 0 Å². The predicted octanol–water partition coefficient (Wildman–Crippen LogP) is 1.84. The van der Waals surface area contributed by atoms with Gasteiger partial charge in [-0.15, -0.1) is 0 Å². The van der Waals surface area contributed by atoms with E-state index in [0.717, 1.165) is 44.5 Å². The lowest BCUT2D eigenvalue weighted by Crippen LogP contribution is -2.42. The maximum absolute atomic E-state index is 5.67. The van der Waals surface area contributed by atoms with Crippen molar-refractivity contribution in [2.45, 2.75) is 58.6 Å². The lowest BCUT2D eigenvalue weighted by molar-refractivity contribution is 0.113. The molecule has 2 atom stereocenters. The van der Waals surface area contributed by atoms with Crippen molar-refractivity contribution >= 4 is 5.96 Å². The predicted molar refractivity (Wildman–Crippen MR) is 92.4 cm³/mol. The first-order valence-corrected chi connectivity index (χ1v) is 9.07. The Morgan fingerprint density at radius 2 is 2.14 bits per heavy atom. The normalized spacial score (nSPS) is 26.8. The second-order valence-corrected chi connectivity index (χ2v) is 6.92. The number of likely N-dealkylation sites (tertiary alicyclic amines) is 1. The van der Waals surface area contributed by atoms with Gasteiger partial charge in [0.25, 0.3) is 0 Å². The van der Waals surface area contributed by atoms with Crippen molar-refractivity contribution in [1.29, 1.82) is 0 Å². The van der Waals surface area contributed by atoms with Crippen LogP contribution in [0.5, 0.6) is 0 Å². The number of hydrogen-bond acceptors (Lipinski definition) is 3. The molecule has 2 saturated heterocycles. The second kappa shape index (κ2) is 9.36. The highest BCUT2D eigenvalue weighted by molar-refractivity contribution is 5.79. The Bertz CT molecular complexity index is 340. The standard InChI is InChI=1S/C17H34N4O/c1-4-18-17(20-12-16-8-6-10-22-16)19-11-15-7-5-9-21(15)13-14(2)3/h14-16H,4-13H2,1-3H3,(H2,18,19,20)/t15-,16?/m1/s1. The molecule has 2 rings (SSSR count). The molecule has 5 heteroatoms. The first-order chi connectivity index (χ1) is 10.7. The van der Waals surface area contributed by atoms with E-state index >= 15 is 0 Å². The summed E-state index contributed by atoms with van der Waals surface area (Å²) in [5.74, 6) is 1.67. The van der Waals surface area contributed by atoms with E-state index in [9.17, 15) is 0 Å². The smallest absolute Gasteiger partial charge is 0.191 e. The summed E-state index contributed by atoms with van der Waals surface area (Å²) in [6.07, 6.45) is 5.30. The highest BCUT2D eigenvalue weighted by Gasteiger charge is 2.24. The Kier molecular flexibility index (Phi) is 7.46. The molecule has 22 heavy (non-hydrogen) atoms. The van der Waals surface area contributed by atoms with Gasteiger partial charge in [0.2, 0.25) is 0 Å². The van der Waals surface area contributed by atoms with Crippen molar-refractivity contribution in [2.24, 2.45) is 10.9 Å². The van der Waals surface area contributed by atoms with Crippen molar-refractivity contribution in [3.63, 3.8) is 0 Å². The first kappa shape index (κ1) is 17.5. The Morgan fingerprint density at radius 1 is 1.27 bits per heavy atom. The molecule has 2 heterocycles. The van der Waals surface area contributed by atoms with Gasteiger partial charge in [0, 0.05) is 32.3 Å². The monoisotopic (exact) mass is 310 g/mol. The molecule has 0 aromatic heterocycles. The van der Waals surface area contributed by atoms with Gasteiger partial charge in [0.05, 0.1) is 12.6 Å². The Hall–Kier alpha value is -0.810. The molecule has 2 fully saturated rings. The second-order valence-electron chi connectivity index (χ2n) is 6.92. The fourth-order valence-electron chi connectivity index (χ4n) is 3.37. The van der Waals surface area contributed by atoms with Crippen LogP contribution in [0, 0.1) is 5.92 Å². The lowest BCUT2D eigenvalue weighted by Gasteiger charge is -2.25. The maximum Gasteiger partial charge on any atom is 0.191 e. The van der Waals surface area contributed by atoms with Gasteiger partial charge in [-0.3, -0.25) is 9.89 Å². The van der Waals surface area contributed by atoms with Crippen LogP contribution in [0.15, 0.2) is 4.99 Å². The van der Waals surface area contributed by atoms with Gasteiger partial charge in [0.1, 0.15) is 0 Å². The SMILES string of the molecule is CCNC(=NC[C@H]1CCCN1CC(C)C)NCC1CCCO1. The van der Waals surface area contributed by atoms with Crippen LogP contribution in [-0.4, -0.2) is 62.3 Å². The van der Waals surface area contributed by atoms with Crippen LogP contribution < -0.4 is 10.6 Å². The molecule has 0 spiro atoms. The van der Waals surface area contributed by atoms with Gasteiger partial charge < -0.3 is 15.4 Å². The van der Waals surface area contributed by atoms with E-state index in [1.807, 2.05) is 0 Å². The minimum atomic E-state index is 0.354. The highest BCUT2D eigenvalue weighted by atomic mass is 16.5. The van der Waals surface area contributed by atoms with Crippen LogP contribution in [0.25, 0.3) is 0 Å². The third-order valence-corrected chi connectivity index (χ3v) is 4.42. The Morgan fingerprint density at radius 3 is 2.82 bits per heavy atom. The van der Waals surface area contributed by atoms with Gasteiger partial charge in [-0.1, -0.05) is 13.8 Å². The number of nitrogens with zero attached hydrogens (tertiary/aromatic N) is 2. The molecule has 0 aromatic rings. The van der Waals surface area contributed by atoms with Crippen LogP contribution in [-0.2, 0) is 4.74 Å². The van der Waals surface area contributed by atoms with E-state index < -0.39 is 0 Å². The zero-order valence-corrected chi connectivity index (χ0v) is 14.6. The quantitative estimate of drug-likeness (QED) is 0.556. The minimum Gasteiger partial charge on any atom is -0.376 e. The molecule has 0 bridgehead atoms. The fourth-order valence-corrected chi connectivity index (χ4v) is 3.37. The number of rotatable bonds is 7. The van der Waals surface area contributed by atoms with E-state index in [2.05, 4.69) is 36.3 Å². The van der Waals surface area contributed by atoms with Crippen molar-refractivity contribution in [2.75, 3.05) is 39.3 Å². The number of hydrogen-bond donors (Lipinski definition) is 2. The minimum absolute atomic E-state index is 0.354. The summed E-state index contributed by atoms with van der Waals surface area (Å²) in [4.78, 5) is 7.42. The lowest BCUT2D eigenvalue weighted by atomic mass is 10.2. The summed E-state index contributed by atoms with van der Waals surface area (Å²) in [7, 11) is 0.